The van der Waals surface area contributed by atoms with E-state index in [1.54, 1.807) is 14.2 Å². The van der Waals surface area contributed by atoms with Crippen LogP contribution >= 0.6 is 0 Å². The summed E-state index contributed by atoms with van der Waals surface area (Å²) < 4.78 is 15.8. The third-order valence-corrected chi connectivity index (χ3v) is 4.01. The Hall–Kier alpha value is -1.97. The molecule has 4 nitrogen and oxygen atoms in total. The number of methoxy groups -OCH3 is 3. The molecule has 4 heteroatoms. The molecule has 0 unspecified atom stereocenters. The van der Waals surface area contributed by atoms with Gasteiger partial charge >= 0.3 is 5.97 Å². The maximum atomic E-state index is 12.2. The van der Waals surface area contributed by atoms with Gasteiger partial charge in [0.1, 0.15) is 0 Å². The smallest absolute Gasteiger partial charge is 0.334 e. The van der Waals surface area contributed by atoms with Crippen LogP contribution in [0, 0.1) is 5.41 Å². The molecule has 0 aliphatic heterocycles. The number of esters is 1. The van der Waals surface area contributed by atoms with E-state index in [4.69, 9.17) is 14.2 Å². The van der Waals surface area contributed by atoms with E-state index in [1.807, 2.05) is 12.1 Å². The van der Waals surface area contributed by atoms with E-state index in [9.17, 15) is 4.79 Å². The summed E-state index contributed by atoms with van der Waals surface area (Å²) in [5.41, 5.74) is 3.85. The number of allylic oxidation sites excluding steroid dienone is 1. The van der Waals surface area contributed by atoms with E-state index in [0.717, 1.165) is 28.9 Å². The third kappa shape index (κ3) is 2.82. The molecule has 1 aromatic carbocycles. The number of benzene rings is 1. The van der Waals surface area contributed by atoms with E-state index in [-0.39, 0.29) is 11.4 Å². The van der Waals surface area contributed by atoms with Crippen LogP contribution in [0.15, 0.2) is 17.7 Å². The van der Waals surface area contributed by atoms with Crippen molar-refractivity contribution in [1.82, 2.24) is 0 Å². The monoisotopic (exact) mass is 304 g/mol. The van der Waals surface area contributed by atoms with Crippen molar-refractivity contribution in [3.63, 3.8) is 0 Å². The molecule has 1 aliphatic rings. The molecule has 0 fully saturated rings. The number of hydrogen-bond donors (Lipinski definition) is 0. The Bertz CT molecular complexity index is 621. The van der Waals surface area contributed by atoms with Gasteiger partial charge in [-0.25, -0.2) is 4.79 Å². The van der Waals surface area contributed by atoms with E-state index in [2.05, 4.69) is 20.8 Å². The maximum Gasteiger partial charge on any atom is 0.334 e. The Morgan fingerprint density at radius 2 is 1.59 bits per heavy atom. The molecule has 0 radical (unpaired) electrons. The Kier molecular flexibility index (Phi) is 4.50. The first-order valence-corrected chi connectivity index (χ1v) is 7.40. The summed E-state index contributed by atoms with van der Waals surface area (Å²) >= 11 is 0. The Balaban J connectivity index is 2.72. The van der Waals surface area contributed by atoms with Gasteiger partial charge in [0.25, 0.3) is 0 Å². The van der Waals surface area contributed by atoms with Crippen LogP contribution in [0.1, 0.15) is 38.3 Å². The van der Waals surface area contributed by atoms with Gasteiger partial charge in [0.2, 0.25) is 0 Å². The second kappa shape index (κ2) is 6.03. The first-order valence-electron chi connectivity index (χ1n) is 7.40. The number of aryl methyl sites for hydroxylation is 1. The molecule has 0 saturated carbocycles. The van der Waals surface area contributed by atoms with Gasteiger partial charge in [-0.1, -0.05) is 20.8 Å². The average molecular weight is 304 g/mol. The molecule has 0 saturated heterocycles. The van der Waals surface area contributed by atoms with Crippen molar-refractivity contribution in [2.24, 2.45) is 5.41 Å². The fourth-order valence-corrected chi connectivity index (χ4v) is 3.09. The van der Waals surface area contributed by atoms with E-state index in [1.165, 1.54) is 12.7 Å². The van der Waals surface area contributed by atoms with Crippen LogP contribution in [0.5, 0.6) is 11.5 Å². The molecule has 0 N–H and O–H groups in total. The number of carbonyl (C=O) groups excluding carboxylic acids is 1. The lowest BCUT2D eigenvalue weighted by Gasteiger charge is -2.32. The summed E-state index contributed by atoms with van der Waals surface area (Å²) in [5.74, 6) is 1.15. The minimum Gasteiger partial charge on any atom is -0.493 e. The minimum atomic E-state index is -0.245. The highest BCUT2D eigenvalue weighted by Gasteiger charge is 2.32. The van der Waals surface area contributed by atoms with E-state index in [0.29, 0.717) is 12.2 Å². The number of carbonyl (C=O) groups is 1. The van der Waals surface area contributed by atoms with Crippen molar-refractivity contribution in [3.05, 3.63) is 28.8 Å². The van der Waals surface area contributed by atoms with Crippen molar-refractivity contribution >= 4 is 11.5 Å². The highest BCUT2D eigenvalue weighted by Crippen LogP contribution is 2.46. The molecule has 2 rings (SSSR count). The van der Waals surface area contributed by atoms with Gasteiger partial charge in [0, 0.05) is 5.57 Å². The topological polar surface area (TPSA) is 44.8 Å². The molecule has 0 amide bonds. The lowest BCUT2D eigenvalue weighted by molar-refractivity contribution is -0.136. The van der Waals surface area contributed by atoms with Gasteiger partial charge in [-0.05, 0) is 47.1 Å². The Morgan fingerprint density at radius 3 is 2.09 bits per heavy atom. The van der Waals surface area contributed by atoms with Gasteiger partial charge in [-0.3, -0.25) is 0 Å². The average Bonchev–Trinajstić information content (AvgIpc) is 2.50. The van der Waals surface area contributed by atoms with Crippen LogP contribution in [0.3, 0.4) is 0 Å². The van der Waals surface area contributed by atoms with Crippen LogP contribution in [0.2, 0.25) is 0 Å². The Morgan fingerprint density at radius 1 is 1.00 bits per heavy atom. The zero-order valence-electron chi connectivity index (χ0n) is 14.2. The van der Waals surface area contributed by atoms with Gasteiger partial charge < -0.3 is 14.2 Å². The van der Waals surface area contributed by atoms with Gasteiger partial charge in [0.15, 0.2) is 11.5 Å². The van der Waals surface area contributed by atoms with Crippen LogP contribution < -0.4 is 9.47 Å². The minimum absolute atomic E-state index is 0.168. The molecule has 120 valence electrons. The lowest BCUT2D eigenvalue weighted by atomic mass is 9.73. The van der Waals surface area contributed by atoms with Crippen molar-refractivity contribution < 1.29 is 19.0 Å². The lowest BCUT2D eigenvalue weighted by Crippen LogP contribution is -2.21. The molecule has 0 atom stereocenters. The van der Waals surface area contributed by atoms with E-state index >= 15 is 0 Å². The number of fused-ring (bicyclic) bond motifs is 1. The van der Waals surface area contributed by atoms with Gasteiger partial charge in [-0.15, -0.1) is 0 Å². The largest absolute Gasteiger partial charge is 0.493 e. The predicted octanol–water partition coefficient (Wildman–Crippen LogP) is 3.62. The molecular formula is C18H24O4. The first kappa shape index (κ1) is 16.4. The summed E-state index contributed by atoms with van der Waals surface area (Å²) in [4.78, 5) is 12.2. The highest BCUT2D eigenvalue weighted by molar-refractivity contribution is 6.00. The fourth-order valence-electron chi connectivity index (χ4n) is 3.09. The van der Waals surface area contributed by atoms with Crippen LogP contribution in [0.25, 0.3) is 5.57 Å². The number of hydrogen-bond acceptors (Lipinski definition) is 4. The summed E-state index contributed by atoms with van der Waals surface area (Å²) in [6.45, 7) is 6.32. The summed E-state index contributed by atoms with van der Waals surface area (Å²) in [5, 5.41) is 0. The molecule has 22 heavy (non-hydrogen) atoms. The zero-order valence-corrected chi connectivity index (χ0v) is 14.2. The molecule has 0 heterocycles. The number of rotatable bonds is 3. The molecule has 1 aliphatic carbocycles. The quantitative estimate of drug-likeness (QED) is 0.800. The molecule has 0 spiro atoms. The van der Waals surface area contributed by atoms with Crippen molar-refractivity contribution in [3.8, 4) is 11.5 Å². The van der Waals surface area contributed by atoms with Crippen molar-refractivity contribution in [2.75, 3.05) is 21.3 Å². The summed E-state index contributed by atoms with van der Waals surface area (Å²) in [7, 11) is 4.68. The van der Waals surface area contributed by atoms with E-state index < -0.39 is 0 Å². The van der Waals surface area contributed by atoms with Gasteiger partial charge in [0.05, 0.1) is 21.3 Å². The second-order valence-corrected chi connectivity index (χ2v) is 6.46. The summed E-state index contributed by atoms with van der Waals surface area (Å²) in [6, 6.07) is 3.98. The van der Waals surface area contributed by atoms with Crippen LogP contribution in [-0.4, -0.2) is 27.3 Å². The zero-order chi connectivity index (χ0) is 16.5. The van der Waals surface area contributed by atoms with Gasteiger partial charge in [-0.2, -0.15) is 0 Å². The SMILES string of the molecule is COC(=O)C1=C(C(C)(C)C)c2cc(OC)c(OC)cc2CC1. The molecule has 0 aromatic heterocycles. The molecular weight excluding hydrogens is 280 g/mol. The first-order chi connectivity index (χ1) is 10.3. The summed E-state index contributed by atoms with van der Waals surface area (Å²) in [6.07, 6.45) is 1.47. The predicted molar refractivity (Wildman–Crippen MR) is 86.3 cm³/mol. The third-order valence-electron chi connectivity index (χ3n) is 4.01. The second-order valence-electron chi connectivity index (χ2n) is 6.46. The fraction of sp³-hybridized carbons (Fsp3) is 0.500. The molecule has 0 bridgehead atoms. The van der Waals surface area contributed by atoms with Crippen LogP contribution in [0.4, 0.5) is 0 Å². The van der Waals surface area contributed by atoms with Crippen LogP contribution in [-0.2, 0) is 16.0 Å². The maximum absolute atomic E-state index is 12.2. The highest BCUT2D eigenvalue weighted by atomic mass is 16.5. The number of ether oxygens (including phenoxy) is 3. The van der Waals surface area contributed by atoms with Crippen molar-refractivity contribution in [2.45, 2.75) is 33.6 Å². The Labute approximate surface area is 132 Å². The molecule has 1 aromatic rings. The van der Waals surface area contributed by atoms with Crippen molar-refractivity contribution in [1.29, 1.82) is 0 Å². The standard InChI is InChI=1S/C18H24O4/c1-18(2,3)16-12(17(19)22-6)8-7-11-9-14(20-4)15(21-5)10-13(11)16/h9-10H,7-8H2,1-6H3. The normalized spacial score (nSPS) is 14.5.